The smallest absolute Gasteiger partial charge is 0.243 e. The van der Waals surface area contributed by atoms with Gasteiger partial charge in [0.15, 0.2) is 0 Å². The van der Waals surface area contributed by atoms with Crippen LogP contribution in [0.15, 0.2) is 48.5 Å². The summed E-state index contributed by atoms with van der Waals surface area (Å²) in [5.74, 6) is 0.00759. The molecule has 2 aromatic carbocycles. The second kappa shape index (κ2) is 8.26. The molecule has 3 rings (SSSR count). The van der Waals surface area contributed by atoms with E-state index in [4.69, 9.17) is 0 Å². The van der Waals surface area contributed by atoms with Crippen LogP contribution in [0.1, 0.15) is 32.3 Å². The Hall–Kier alpha value is -2.49. The van der Waals surface area contributed by atoms with Gasteiger partial charge in [0.25, 0.3) is 0 Å². The molecule has 1 amide bonds. The summed E-state index contributed by atoms with van der Waals surface area (Å²) in [5.41, 5.74) is 4.39. The number of hydrogen-bond donors (Lipinski definition) is 1. The van der Waals surface area contributed by atoms with Crippen molar-refractivity contribution in [3.63, 3.8) is 0 Å². The number of carbonyl (C=O) groups excluding carboxylic acids is 1. The van der Waals surface area contributed by atoms with E-state index in [9.17, 15) is 4.79 Å². The van der Waals surface area contributed by atoms with E-state index < -0.39 is 0 Å². The van der Waals surface area contributed by atoms with E-state index in [0.29, 0.717) is 6.54 Å². The molecule has 0 atom stereocenters. The van der Waals surface area contributed by atoms with Crippen LogP contribution in [0.5, 0.6) is 0 Å². The summed E-state index contributed by atoms with van der Waals surface area (Å²) in [6.45, 7) is 8.89. The van der Waals surface area contributed by atoms with Gasteiger partial charge in [0.2, 0.25) is 5.91 Å². The van der Waals surface area contributed by atoms with Crippen LogP contribution in [0.3, 0.4) is 0 Å². The van der Waals surface area contributed by atoms with Crippen molar-refractivity contribution in [2.24, 2.45) is 0 Å². The lowest BCUT2D eigenvalue weighted by Gasteiger charge is -2.28. The van der Waals surface area contributed by atoms with Crippen molar-refractivity contribution in [2.75, 3.05) is 34.8 Å². The third-order valence-electron chi connectivity index (χ3n) is 4.93. The summed E-state index contributed by atoms with van der Waals surface area (Å²) in [5, 5.41) is 3.03. The molecule has 0 saturated carbocycles. The van der Waals surface area contributed by atoms with Gasteiger partial charge >= 0.3 is 0 Å². The summed E-state index contributed by atoms with van der Waals surface area (Å²) in [4.78, 5) is 17.1. The van der Waals surface area contributed by atoms with Crippen molar-refractivity contribution >= 4 is 23.0 Å². The summed E-state index contributed by atoms with van der Waals surface area (Å²) in [6.07, 6.45) is 2.53. The molecular formula is C22H29N3O. The van der Waals surface area contributed by atoms with Gasteiger partial charge in [0.1, 0.15) is 0 Å². The Labute approximate surface area is 156 Å². The van der Waals surface area contributed by atoms with E-state index >= 15 is 0 Å². The molecule has 1 saturated heterocycles. The van der Waals surface area contributed by atoms with Gasteiger partial charge in [-0.2, -0.15) is 0 Å². The molecule has 1 N–H and O–H groups in total. The molecule has 0 bridgehead atoms. The minimum absolute atomic E-state index is 0.00759. The molecular weight excluding hydrogens is 322 g/mol. The number of hydrogen-bond acceptors (Lipinski definition) is 3. The lowest BCUT2D eigenvalue weighted by Crippen LogP contribution is -2.38. The number of rotatable bonds is 6. The SMILES string of the molecule is Cc1ccc(N(CC(=O)Nc2ccc(N3CCCC3)cc2)C(C)C)cc1. The Morgan fingerprint density at radius 1 is 1.04 bits per heavy atom. The first-order valence-corrected chi connectivity index (χ1v) is 9.51. The van der Waals surface area contributed by atoms with Crippen LogP contribution in [-0.4, -0.2) is 31.6 Å². The van der Waals surface area contributed by atoms with Crippen LogP contribution in [-0.2, 0) is 4.79 Å². The Bertz CT molecular complexity index is 716. The second-order valence-corrected chi connectivity index (χ2v) is 7.35. The molecule has 1 aliphatic heterocycles. The van der Waals surface area contributed by atoms with Gasteiger partial charge in [-0.3, -0.25) is 4.79 Å². The molecule has 26 heavy (non-hydrogen) atoms. The predicted octanol–water partition coefficient (Wildman–Crippen LogP) is 4.45. The summed E-state index contributed by atoms with van der Waals surface area (Å²) in [7, 11) is 0. The number of nitrogens with one attached hydrogen (secondary N) is 1. The van der Waals surface area contributed by atoms with Gasteiger partial charge in [-0.05, 0) is 70.0 Å². The Morgan fingerprint density at radius 3 is 2.23 bits per heavy atom. The van der Waals surface area contributed by atoms with E-state index in [1.54, 1.807) is 0 Å². The fraction of sp³-hybridized carbons (Fsp3) is 0.409. The number of aryl methyl sites for hydroxylation is 1. The van der Waals surface area contributed by atoms with E-state index in [0.717, 1.165) is 24.5 Å². The molecule has 1 aliphatic rings. The van der Waals surface area contributed by atoms with Crippen LogP contribution in [0.25, 0.3) is 0 Å². The van der Waals surface area contributed by atoms with E-state index in [-0.39, 0.29) is 11.9 Å². The molecule has 4 heteroatoms. The summed E-state index contributed by atoms with van der Waals surface area (Å²) < 4.78 is 0. The monoisotopic (exact) mass is 351 g/mol. The predicted molar refractivity (Wildman–Crippen MR) is 110 cm³/mol. The maximum atomic E-state index is 12.5. The first-order chi connectivity index (χ1) is 12.5. The zero-order chi connectivity index (χ0) is 18.5. The molecule has 4 nitrogen and oxygen atoms in total. The second-order valence-electron chi connectivity index (χ2n) is 7.35. The highest BCUT2D eigenvalue weighted by atomic mass is 16.2. The Morgan fingerprint density at radius 2 is 1.65 bits per heavy atom. The van der Waals surface area contributed by atoms with Crippen molar-refractivity contribution in [2.45, 2.75) is 39.7 Å². The first-order valence-electron chi connectivity index (χ1n) is 9.51. The number of nitrogens with zero attached hydrogens (tertiary/aromatic N) is 2. The highest BCUT2D eigenvalue weighted by molar-refractivity contribution is 5.94. The molecule has 0 radical (unpaired) electrons. The maximum Gasteiger partial charge on any atom is 0.243 e. The van der Waals surface area contributed by atoms with Crippen molar-refractivity contribution in [1.82, 2.24) is 0 Å². The van der Waals surface area contributed by atoms with Crippen LogP contribution in [0, 0.1) is 6.92 Å². The standard InChI is InChI=1S/C22H29N3O/c1-17(2)25(21-10-6-18(3)7-11-21)16-22(26)23-19-8-12-20(13-9-19)24-14-4-5-15-24/h6-13,17H,4-5,14-16H2,1-3H3,(H,23,26). The number of carbonyl (C=O) groups is 1. The molecule has 138 valence electrons. The van der Waals surface area contributed by atoms with Crippen molar-refractivity contribution in [3.8, 4) is 0 Å². The fourth-order valence-electron chi connectivity index (χ4n) is 3.39. The van der Waals surface area contributed by atoms with Crippen LogP contribution < -0.4 is 15.1 Å². The lowest BCUT2D eigenvalue weighted by atomic mass is 10.2. The minimum atomic E-state index is 0.00759. The van der Waals surface area contributed by atoms with Crippen LogP contribution in [0.4, 0.5) is 17.1 Å². The number of anilines is 3. The van der Waals surface area contributed by atoms with E-state index in [2.05, 4.69) is 72.3 Å². The van der Waals surface area contributed by atoms with E-state index in [1.165, 1.54) is 24.1 Å². The van der Waals surface area contributed by atoms with Gasteiger partial charge in [0, 0.05) is 36.2 Å². The highest BCUT2D eigenvalue weighted by Gasteiger charge is 2.16. The van der Waals surface area contributed by atoms with Crippen LogP contribution >= 0.6 is 0 Å². The minimum Gasteiger partial charge on any atom is -0.372 e. The zero-order valence-corrected chi connectivity index (χ0v) is 16.0. The normalized spacial score (nSPS) is 13.9. The zero-order valence-electron chi connectivity index (χ0n) is 16.0. The Balaban J connectivity index is 1.62. The summed E-state index contributed by atoms with van der Waals surface area (Å²) >= 11 is 0. The third-order valence-corrected chi connectivity index (χ3v) is 4.93. The van der Waals surface area contributed by atoms with Gasteiger partial charge in [-0.1, -0.05) is 17.7 Å². The number of amides is 1. The third kappa shape index (κ3) is 4.57. The van der Waals surface area contributed by atoms with Gasteiger partial charge in [-0.15, -0.1) is 0 Å². The van der Waals surface area contributed by atoms with E-state index in [1.807, 2.05) is 12.1 Å². The number of benzene rings is 2. The van der Waals surface area contributed by atoms with Crippen LogP contribution in [0.2, 0.25) is 0 Å². The summed E-state index contributed by atoms with van der Waals surface area (Å²) in [6, 6.07) is 16.8. The van der Waals surface area contributed by atoms with Crippen molar-refractivity contribution in [1.29, 1.82) is 0 Å². The topological polar surface area (TPSA) is 35.6 Å². The molecule has 0 spiro atoms. The quantitative estimate of drug-likeness (QED) is 0.835. The highest BCUT2D eigenvalue weighted by Crippen LogP contribution is 2.22. The molecule has 0 unspecified atom stereocenters. The maximum absolute atomic E-state index is 12.5. The van der Waals surface area contributed by atoms with Crippen molar-refractivity contribution < 1.29 is 4.79 Å². The molecule has 1 fully saturated rings. The largest absolute Gasteiger partial charge is 0.372 e. The van der Waals surface area contributed by atoms with Gasteiger partial charge in [-0.25, -0.2) is 0 Å². The molecule has 2 aromatic rings. The molecule has 0 aliphatic carbocycles. The Kier molecular flexibility index (Phi) is 5.82. The lowest BCUT2D eigenvalue weighted by molar-refractivity contribution is -0.115. The average molecular weight is 351 g/mol. The fourth-order valence-corrected chi connectivity index (χ4v) is 3.39. The molecule has 0 aromatic heterocycles. The molecule has 1 heterocycles. The first kappa shape index (κ1) is 18.3. The average Bonchev–Trinajstić information content (AvgIpc) is 3.16. The van der Waals surface area contributed by atoms with Crippen molar-refractivity contribution in [3.05, 3.63) is 54.1 Å². The van der Waals surface area contributed by atoms with Gasteiger partial charge in [0.05, 0.1) is 6.54 Å². The van der Waals surface area contributed by atoms with Gasteiger partial charge < -0.3 is 15.1 Å².